The van der Waals surface area contributed by atoms with Gasteiger partial charge in [0.25, 0.3) is 5.91 Å². The van der Waals surface area contributed by atoms with Gasteiger partial charge in [-0.3, -0.25) is 14.9 Å². The van der Waals surface area contributed by atoms with E-state index in [9.17, 15) is 22.8 Å². The zero-order chi connectivity index (χ0) is 22.6. The molecule has 1 aliphatic rings. The fraction of sp³-hybridized carbons (Fsp3) is 0.381. The van der Waals surface area contributed by atoms with Crippen LogP contribution in [0.2, 0.25) is 0 Å². The summed E-state index contributed by atoms with van der Waals surface area (Å²) in [5, 5.41) is 5.40. The van der Waals surface area contributed by atoms with E-state index in [0.29, 0.717) is 22.5 Å². The smallest absolute Gasteiger partial charge is 0.413 e. The maximum atomic E-state index is 12.7. The number of thiophene rings is 1. The molecule has 3 amide bonds. The molecular formula is C21H24N2O6S2. The highest BCUT2D eigenvalue weighted by atomic mass is 32.2. The van der Waals surface area contributed by atoms with Crippen LogP contribution in [0.15, 0.2) is 29.2 Å². The number of amides is 3. The maximum Gasteiger partial charge on any atom is 0.413 e. The minimum atomic E-state index is -3.31. The molecule has 0 atom stereocenters. The average Bonchev–Trinajstić information content (AvgIpc) is 2.88. The van der Waals surface area contributed by atoms with Gasteiger partial charge in [-0.05, 0) is 48.9 Å². The Labute approximate surface area is 184 Å². The average molecular weight is 465 g/mol. The Balaban J connectivity index is 1.82. The van der Waals surface area contributed by atoms with Crippen LogP contribution in [-0.2, 0) is 38.6 Å². The van der Waals surface area contributed by atoms with E-state index in [-0.39, 0.29) is 17.2 Å². The summed E-state index contributed by atoms with van der Waals surface area (Å²) in [6, 6.07) is 6.09. The summed E-state index contributed by atoms with van der Waals surface area (Å²) >= 11 is 1.36. The Kier molecular flexibility index (Phi) is 7.11. The molecule has 2 N–H and O–H groups in total. The van der Waals surface area contributed by atoms with Crippen LogP contribution in [0.3, 0.4) is 0 Å². The lowest BCUT2D eigenvalue weighted by atomic mass is 10.0. The molecule has 0 radical (unpaired) electrons. The molecule has 3 rings (SSSR count). The highest BCUT2D eigenvalue weighted by Gasteiger charge is 2.27. The van der Waals surface area contributed by atoms with Crippen molar-refractivity contribution in [2.24, 2.45) is 0 Å². The van der Waals surface area contributed by atoms with Crippen molar-refractivity contribution in [3.63, 3.8) is 0 Å². The van der Waals surface area contributed by atoms with Gasteiger partial charge in [0.1, 0.15) is 5.00 Å². The van der Waals surface area contributed by atoms with Crippen molar-refractivity contribution >= 4 is 44.1 Å². The van der Waals surface area contributed by atoms with Crippen LogP contribution in [0, 0.1) is 0 Å². The first-order valence-electron chi connectivity index (χ1n) is 9.81. The van der Waals surface area contributed by atoms with Crippen molar-refractivity contribution < 1.29 is 27.5 Å². The number of rotatable bonds is 5. The number of hydrogen-bond donors (Lipinski definition) is 2. The monoisotopic (exact) mass is 464 g/mol. The van der Waals surface area contributed by atoms with Gasteiger partial charge in [0.05, 0.1) is 24.0 Å². The number of alkyl carbamates (subject to hydrolysis) is 1. The molecule has 8 nitrogen and oxygen atoms in total. The number of aryl methyl sites for hydroxylation is 1. The van der Waals surface area contributed by atoms with Gasteiger partial charge in [0, 0.05) is 11.1 Å². The molecular weight excluding hydrogens is 440 g/mol. The Morgan fingerprint density at radius 3 is 2.39 bits per heavy atom. The third-order valence-electron chi connectivity index (χ3n) is 5.02. The molecule has 0 saturated carbocycles. The molecule has 0 spiro atoms. The van der Waals surface area contributed by atoms with Crippen LogP contribution in [0.1, 0.15) is 45.6 Å². The number of sulfone groups is 1. The quantitative estimate of drug-likeness (QED) is 0.657. The Morgan fingerprint density at radius 1 is 1.06 bits per heavy atom. The number of hydrogen-bond acceptors (Lipinski definition) is 7. The second-order valence-corrected chi connectivity index (χ2v) is 10.5. The highest BCUT2D eigenvalue weighted by Crippen LogP contribution is 2.37. The number of carbonyl (C=O) groups is 3. The molecule has 31 heavy (non-hydrogen) atoms. The van der Waals surface area contributed by atoms with Crippen molar-refractivity contribution in [3.8, 4) is 0 Å². The van der Waals surface area contributed by atoms with E-state index < -0.39 is 21.8 Å². The summed E-state index contributed by atoms with van der Waals surface area (Å²) in [5.74, 6) is -0.935. The van der Waals surface area contributed by atoms with Gasteiger partial charge >= 0.3 is 6.09 Å². The highest BCUT2D eigenvalue weighted by molar-refractivity contribution is 7.90. The van der Waals surface area contributed by atoms with E-state index in [0.717, 1.165) is 42.4 Å². The molecule has 1 aromatic carbocycles. The van der Waals surface area contributed by atoms with Crippen LogP contribution in [0.4, 0.5) is 9.80 Å². The summed E-state index contributed by atoms with van der Waals surface area (Å²) in [5.41, 5.74) is 1.83. The zero-order valence-corrected chi connectivity index (χ0v) is 19.0. The predicted octanol–water partition coefficient (Wildman–Crippen LogP) is 3.10. The van der Waals surface area contributed by atoms with Gasteiger partial charge in [-0.25, -0.2) is 13.2 Å². The molecule has 10 heteroatoms. The summed E-state index contributed by atoms with van der Waals surface area (Å²) < 4.78 is 27.7. The Morgan fingerprint density at radius 2 is 1.74 bits per heavy atom. The van der Waals surface area contributed by atoms with Gasteiger partial charge < -0.3 is 10.1 Å². The third-order valence-corrected chi connectivity index (χ3v) is 7.35. The SMILES string of the molecule is COC(=O)NC(=O)c1c(NC(=O)Cc2ccc(S(C)(=O)=O)cc2)sc2c1CCCCC2. The fourth-order valence-corrected chi connectivity index (χ4v) is 5.42. The van der Waals surface area contributed by atoms with Crippen molar-refractivity contribution in [1.82, 2.24) is 5.32 Å². The van der Waals surface area contributed by atoms with E-state index in [4.69, 9.17) is 0 Å². The van der Waals surface area contributed by atoms with Crippen molar-refractivity contribution in [3.05, 3.63) is 45.8 Å². The third kappa shape index (κ3) is 5.71. The van der Waals surface area contributed by atoms with E-state index in [2.05, 4.69) is 15.4 Å². The molecule has 166 valence electrons. The number of nitrogens with one attached hydrogen (secondary N) is 2. The molecule has 1 aromatic heterocycles. The van der Waals surface area contributed by atoms with Crippen LogP contribution in [-0.4, -0.2) is 39.7 Å². The Hall–Kier alpha value is -2.72. The molecule has 0 bridgehead atoms. The molecule has 2 aromatic rings. The van der Waals surface area contributed by atoms with E-state index in [1.807, 2.05) is 0 Å². The summed E-state index contributed by atoms with van der Waals surface area (Å²) in [7, 11) is -2.13. The topological polar surface area (TPSA) is 119 Å². The molecule has 1 aliphatic carbocycles. The lowest BCUT2D eigenvalue weighted by Gasteiger charge is -2.09. The fourth-order valence-electron chi connectivity index (χ4n) is 3.49. The first-order chi connectivity index (χ1) is 14.7. The van der Waals surface area contributed by atoms with E-state index >= 15 is 0 Å². The number of fused-ring (bicyclic) bond motifs is 1. The van der Waals surface area contributed by atoms with Crippen LogP contribution in [0.25, 0.3) is 0 Å². The largest absolute Gasteiger partial charge is 0.453 e. The molecule has 0 fully saturated rings. The molecule has 0 saturated heterocycles. The number of benzene rings is 1. The second kappa shape index (κ2) is 9.61. The summed E-state index contributed by atoms with van der Waals surface area (Å²) in [6.07, 6.45) is 4.81. The first-order valence-corrected chi connectivity index (χ1v) is 12.5. The normalized spacial score (nSPS) is 13.6. The van der Waals surface area contributed by atoms with Gasteiger partial charge in [-0.15, -0.1) is 11.3 Å². The van der Waals surface area contributed by atoms with Crippen molar-refractivity contribution in [2.45, 2.75) is 43.4 Å². The van der Waals surface area contributed by atoms with Gasteiger partial charge in [-0.1, -0.05) is 18.6 Å². The first kappa shape index (κ1) is 23.0. The standard InChI is InChI=1S/C21H24N2O6S2/c1-29-21(26)23-19(25)18-15-6-4-3-5-7-16(15)30-20(18)22-17(24)12-13-8-10-14(11-9-13)31(2,27)28/h8-11H,3-7,12H2,1-2H3,(H,22,24)(H,23,25,26). The number of imide groups is 1. The lowest BCUT2D eigenvalue weighted by Crippen LogP contribution is -2.31. The maximum absolute atomic E-state index is 12.7. The minimum absolute atomic E-state index is 0.0185. The number of carbonyl (C=O) groups excluding carboxylic acids is 3. The van der Waals surface area contributed by atoms with Gasteiger partial charge in [-0.2, -0.15) is 0 Å². The van der Waals surface area contributed by atoms with Crippen LogP contribution in [0.5, 0.6) is 0 Å². The van der Waals surface area contributed by atoms with E-state index in [1.54, 1.807) is 12.1 Å². The Bertz CT molecular complexity index is 1100. The van der Waals surface area contributed by atoms with Crippen LogP contribution < -0.4 is 10.6 Å². The number of ether oxygens (including phenoxy) is 1. The second-order valence-electron chi connectivity index (χ2n) is 7.36. The summed E-state index contributed by atoms with van der Waals surface area (Å²) in [6.45, 7) is 0. The van der Waals surface area contributed by atoms with Crippen molar-refractivity contribution in [2.75, 3.05) is 18.7 Å². The molecule has 0 unspecified atom stereocenters. The van der Waals surface area contributed by atoms with Gasteiger partial charge in [0.2, 0.25) is 5.91 Å². The summed E-state index contributed by atoms with van der Waals surface area (Å²) in [4.78, 5) is 38.2. The van der Waals surface area contributed by atoms with E-state index in [1.165, 1.54) is 30.6 Å². The molecule has 0 aliphatic heterocycles. The zero-order valence-electron chi connectivity index (χ0n) is 17.3. The number of methoxy groups -OCH3 is 1. The minimum Gasteiger partial charge on any atom is -0.453 e. The van der Waals surface area contributed by atoms with Gasteiger partial charge in [0.15, 0.2) is 9.84 Å². The number of anilines is 1. The van der Waals surface area contributed by atoms with Crippen molar-refractivity contribution in [1.29, 1.82) is 0 Å². The lowest BCUT2D eigenvalue weighted by molar-refractivity contribution is -0.115. The van der Waals surface area contributed by atoms with Crippen LogP contribution >= 0.6 is 11.3 Å². The molecule has 1 heterocycles. The predicted molar refractivity (Wildman–Crippen MR) is 117 cm³/mol.